The molecule has 3 heteroatoms. The van der Waals surface area contributed by atoms with Gasteiger partial charge in [-0.25, -0.2) is 0 Å². The fourth-order valence-corrected chi connectivity index (χ4v) is 3.09. The molecule has 0 radical (unpaired) electrons. The molecule has 1 heterocycles. The van der Waals surface area contributed by atoms with Crippen LogP contribution in [-0.2, 0) is 5.41 Å². The molecular formula is C19H15NO2. The Balaban J connectivity index is 1.78. The molecule has 22 heavy (non-hydrogen) atoms. The van der Waals surface area contributed by atoms with Gasteiger partial charge in [-0.05, 0) is 31.0 Å². The Morgan fingerprint density at radius 1 is 1.05 bits per heavy atom. The highest BCUT2D eigenvalue weighted by molar-refractivity contribution is 6.07. The van der Waals surface area contributed by atoms with Crippen molar-refractivity contribution in [2.24, 2.45) is 0 Å². The summed E-state index contributed by atoms with van der Waals surface area (Å²) in [7, 11) is 0. The van der Waals surface area contributed by atoms with Crippen molar-refractivity contribution in [3.8, 4) is 5.75 Å². The van der Waals surface area contributed by atoms with Crippen molar-refractivity contribution >= 4 is 16.7 Å². The predicted octanol–water partition coefficient (Wildman–Crippen LogP) is 3.85. The lowest BCUT2D eigenvalue weighted by atomic mass is 9.87. The second-order valence-electron chi connectivity index (χ2n) is 5.85. The van der Waals surface area contributed by atoms with Crippen LogP contribution in [0.5, 0.6) is 5.75 Å². The van der Waals surface area contributed by atoms with Crippen LogP contribution in [0, 0.1) is 0 Å². The third-order valence-corrected chi connectivity index (χ3v) is 4.46. The standard InChI is InChI=1S/C19H15NO2/c21-17-8-4-2-6-15(17)19(9-10-19)18(22)14-11-13-5-1-3-7-16(13)20-12-14/h1-8,11-12,21H,9-10H2. The van der Waals surface area contributed by atoms with Gasteiger partial charge >= 0.3 is 0 Å². The van der Waals surface area contributed by atoms with E-state index in [2.05, 4.69) is 4.98 Å². The van der Waals surface area contributed by atoms with Crippen molar-refractivity contribution in [1.29, 1.82) is 0 Å². The van der Waals surface area contributed by atoms with Gasteiger partial charge in [0.05, 0.1) is 10.9 Å². The first-order valence-electron chi connectivity index (χ1n) is 7.39. The highest BCUT2D eigenvalue weighted by atomic mass is 16.3. The number of phenolic OH excluding ortho intramolecular Hbond substituents is 1. The van der Waals surface area contributed by atoms with Gasteiger partial charge in [0.25, 0.3) is 0 Å². The van der Waals surface area contributed by atoms with E-state index in [-0.39, 0.29) is 11.5 Å². The minimum atomic E-state index is -0.574. The van der Waals surface area contributed by atoms with Crippen LogP contribution in [-0.4, -0.2) is 15.9 Å². The zero-order chi connectivity index (χ0) is 15.2. The molecule has 1 fully saturated rings. The number of aromatic nitrogens is 1. The van der Waals surface area contributed by atoms with E-state index < -0.39 is 5.41 Å². The Morgan fingerprint density at radius 2 is 1.77 bits per heavy atom. The Kier molecular flexibility index (Phi) is 2.76. The SMILES string of the molecule is O=C(c1cnc2ccccc2c1)C1(c2ccccc2O)CC1. The number of hydrogen-bond donors (Lipinski definition) is 1. The average Bonchev–Trinajstić information content (AvgIpc) is 3.36. The van der Waals surface area contributed by atoms with Crippen LogP contribution < -0.4 is 0 Å². The largest absolute Gasteiger partial charge is 0.508 e. The molecule has 0 amide bonds. The van der Waals surface area contributed by atoms with Crippen LogP contribution in [0.25, 0.3) is 10.9 Å². The van der Waals surface area contributed by atoms with Crippen molar-refractivity contribution in [1.82, 2.24) is 4.98 Å². The van der Waals surface area contributed by atoms with Crippen molar-refractivity contribution in [3.63, 3.8) is 0 Å². The van der Waals surface area contributed by atoms with E-state index in [1.54, 1.807) is 18.3 Å². The molecule has 0 bridgehead atoms. The van der Waals surface area contributed by atoms with Gasteiger partial charge in [-0.1, -0.05) is 36.4 Å². The number of benzene rings is 2. The summed E-state index contributed by atoms with van der Waals surface area (Å²) in [4.78, 5) is 17.4. The van der Waals surface area contributed by atoms with Crippen molar-refractivity contribution < 1.29 is 9.90 Å². The molecule has 1 aliphatic rings. The van der Waals surface area contributed by atoms with Gasteiger partial charge in [-0.3, -0.25) is 9.78 Å². The molecule has 3 aromatic rings. The number of nitrogens with zero attached hydrogens (tertiary/aromatic N) is 1. The lowest BCUT2D eigenvalue weighted by molar-refractivity contribution is 0.0944. The summed E-state index contributed by atoms with van der Waals surface area (Å²) in [6.07, 6.45) is 3.19. The molecule has 1 saturated carbocycles. The molecule has 0 spiro atoms. The van der Waals surface area contributed by atoms with Crippen molar-refractivity contribution in [3.05, 3.63) is 71.9 Å². The summed E-state index contributed by atoms with van der Waals surface area (Å²) in [5.41, 5.74) is 1.65. The zero-order valence-electron chi connectivity index (χ0n) is 12.0. The highest BCUT2D eigenvalue weighted by Gasteiger charge is 2.52. The first-order chi connectivity index (χ1) is 10.7. The van der Waals surface area contributed by atoms with E-state index in [0.29, 0.717) is 5.56 Å². The van der Waals surface area contributed by atoms with Crippen molar-refractivity contribution in [2.75, 3.05) is 0 Å². The van der Waals surface area contributed by atoms with Gasteiger partial charge in [0.15, 0.2) is 5.78 Å². The van der Waals surface area contributed by atoms with Gasteiger partial charge in [-0.2, -0.15) is 0 Å². The number of carbonyl (C=O) groups is 1. The van der Waals surface area contributed by atoms with Gasteiger partial charge in [0, 0.05) is 22.7 Å². The minimum Gasteiger partial charge on any atom is -0.508 e. The number of Topliss-reactive ketones (excluding diaryl/α,β-unsaturated/α-hetero) is 1. The van der Waals surface area contributed by atoms with Crippen molar-refractivity contribution in [2.45, 2.75) is 18.3 Å². The fourth-order valence-electron chi connectivity index (χ4n) is 3.09. The number of hydrogen-bond acceptors (Lipinski definition) is 3. The molecule has 2 aromatic carbocycles. The molecule has 0 saturated heterocycles. The summed E-state index contributed by atoms with van der Waals surface area (Å²) >= 11 is 0. The second-order valence-corrected chi connectivity index (χ2v) is 5.85. The average molecular weight is 289 g/mol. The number of carbonyl (C=O) groups excluding carboxylic acids is 1. The summed E-state index contributed by atoms with van der Waals surface area (Å²) in [6.45, 7) is 0. The van der Waals surface area contributed by atoms with Gasteiger partial charge < -0.3 is 5.11 Å². The molecular weight excluding hydrogens is 274 g/mol. The topological polar surface area (TPSA) is 50.2 Å². The van der Waals surface area contributed by atoms with Crippen LogP contribution in [0.1, 0.15) is 28.8 Å². The number of para-hydroxylation sites is 2. The van der Waals surface area contributed by atoms with E-state index in [4.69, 9.17) is 0 Å². The molecule has 108 valence electrons. The van der Waals surface area contributed by atoms with Crippen LogP contribution in [0.4, 0.5) is 0 Å². The molecule has 3 nitrogen and oxygen atoms in total. The maximum absolute atomic E-state index is 13.0. The molecule has 1 aromatic heterocycles. The van der Waals surface area contributed by atoms with E-state index in [1.807, 2.05) is 42.5 Å². The summed E-state index contributed by atoms with van der Waals surface area (Å²) in [5, 5.41) is 11.0. The first-order valence-corrected chi connectivity index (χ1v) is 7.39. The Hall–Kier alpha value is -2.68. The molecule has 0 unspecified atom stereocenters. The van der Waals surface area contributed by atoms with Crippen LogP contribution in [0.2, 0.25) is 0 Å². The van der Waals surface area contributed by atoms with E-state index in [1.165, 1.54) is 0 Å². The normalized spacial score (nSPS) is 15.6. The maximum atomic E-state index is 13.0. The molecule has 1 N–H and O–H groups in total. The van der Waals surface area contributed by atoms with Gasteiger partial charge in [0.2, 0.25) is 0 Å². The van der Waals surface area contributed by atoms with E-state index in [9.17, 15) is 9.90 Å². The number of ketones is 1. The zero-order valence-corrected chi connectivity index (χ0v) is 12.0. The minimum absolute atomic E-state index is 0.0484. The highest BCUT2D eigenvalue weighted by Crippen LogP contribution is 2.53. The van der Waals surface area contributed by atoms with E-state index >= 15 is 0 Å². The van der Waals surface area contributed by atoms with Gasteiger partial charge in [-0.15, -0.1) is 0 Å². The van der Waals surface area contributed by atoms with Crippen LogP contribution in [0.15, 0.2) is 60.8 Å². The monoisotopic (exact) mass is 289 g/mol. The Morgan fingerprint density at radius 3 is 2.55 bits per heavy atom. The Bertz CT molecular complexity index is 881. The number of rotatable bonds is 3. The second kappa shape index (κ2) is 4.67. The number of aromatic hydroxyl groups is 1. The predicted molar refractivity (Wildman–Crippen MR) is 85.1 cm³/mol. The summed E-state index contributed by atoms with van der Waals surface area (Å²) in [6, 6.07) is 16.8. The third-order valence-electron chi connectivity index (χ3n) is 4.46. The van der Waals surface area contributed by atoms with Crippen LogP contribution in [0.3, 0.4) is 0 Å². The lowest BCUT2D eigenvalue weighted by Crippen LogP contribution is -2.21. The number of fused-ring (bicyclic) bond motifs is 1. The first kappa shape index (κ1) is 13.0. The quantitative estimate of drug-likeness (QED) is 0.745. The molecule has 0 atom stereocenters. The summed E-state index contributed by atoms with van der Waals surface area (Å²) in [5.74, 6) is 0.245. The lowest BCUT2D eigenvalue weighted by Gasteiger charge is -2.16. The van der Waals surface area contributed by atoms with E-state index in [0.717, 1.165) is 29.3 Å². The molecule has 0 aliphatic heterocycles. The van der Waals surface area contributed by atoms with Crippen LogP contribution >= 0.6 is 0 Å². The number of pyridine rings is 1. The Labute approximate surface area is 128 Å². The third kappa shape index (κ3) is 1.90. The fraction of sp³-hybridized carbons (Fsp3) is 0.158. The smallest absolute Gasteiger partial charge is 0.175 e. The van der Waals surface area contributed by atoms with Gasteiger partial charge in [0.1, 0.15) is 5.75 Å². The maximum Gasteiger partial charge on any atom is 0.175 e. The summed E-state index contributed by atoms with van der Waals surface area (Å²) < 4.78 is 0. The number of phenols is 1. The molecule has 1 aliphatic carbocycles. The molecule has 4 rings (SSSR count).